The van der Waals surface area contributed by atoms with Crippen LogP contribution in [0.25, 0.3) is 0 Å². The molecule has 1 aromatic carbocycles. The molecule has 118 valence electrons. The van der Waals surface area contributed by atoms with Crippen molar-refractivity contribution in [1.29, 1.82) is 0 Å². The standard InChI is InChI=1S/C17H27ClN2O/c1-6-17(4)11-19-16(2,3)12-20(17)10-13-9-14(18)7-8-15(13)21-5/h7-9,19H,6,10-12H2,1-5H3. The Bertz CT molecular complexity index is 504. The molecule has 1 aliphatic heterocycles. The third-order valence-corrected chi connectivity index (χ3v) is 4.90. The molecule has 1 atom stereocenters. The van der Waals surface area contributed by atoms with E-state index in [4.69, 9.17) is 16.3 Å². The van der Waals surface area contributed by atoms with Gasteiger partial charge in [0.2, 0.25) is 0 Å². The summed E-state index contributed by atoms with van der Waals surface area (Å²) in [7, 11) is 1.72. The van der Waals surface area contributed by atoms with Gasteiger partial charge in [-0.2, -0.15) is 0 Å². The van der Waals surface area contributed by atoms with E-state index in [1.165, 1.54) is 0 Å². The highest BCUT2D eigenvalue weighted by Crippen LogP contribution is 2.31. The second kappa shape index (κ2) is 6.15. The highest BCUT2D eigenvalue weighted by Gasteiger charge is 2.39. The topological polar surface area (TPSA) is 24.5 Å². The number of piperazine rings is 1. The third kappa shape index (κ3) is 3.71. The lowest BCUT2D eigenvalue weighted by Gasteiger charge is -2.51. The first-order chi connectivity index (χ1) is 9.79. The Kier molecular flexibility index (Phi) is 4.86. The van der Waals surface area contributed by atoms with E-state index >= 15 is 0 Å². The van der Waals surface area contributed by atoms with Gasteiger partial charge in [0.25, 0.3) is 0 Å². The summed E-state index contributed by atoms with van der Waals surface area (Å²) in [4.78, 5) is 2.55. The maximum atomic E-state index is 6.17. The molecule has 1 fully saturated rings. The van der Waals surface area contributed by atoms with E-state index in [9.17, 15) is 0 Å². The molecule has 1 aliphatic rings. The Balaban J connectivity index is 2.28. The molecule has 0 aliphatic carbocycles. The highest BCUT2D eigenvalue weighted by atomic mass is 35.5. The number of hydrogen-bond donors (Lipinski definition) is 1. The molecule has 0 saturated carbocycles. The quantitative estimate of drug-likeness (QED) is 0.917. The Hall–Kier alpha value is -0.770. The molecule has 2 rings (SSSR count). The minimum atomic E-state index is 0.125. The summed E-state index contributed by atoms with van der Waals surface area (Å²) in [5.74, 6) is 0.911. The molecule has 0 aromatic heterocycles. The zero-order valence-electron chi connectivity index (χ0n) is 13.8. The zero-order valence-corrected chi connectivity index (χ0v) is 14.5. The van der Waals surface area contributed by atoms with E-state index in [0.29, 0.717) is 0 Å². The molecule has 0 bridgehead atoms. The smallest absolute Gasteiger partial charge is 0.123 e. The van der Waals surface area contributed by atoms with Crippen LogP contribution in [0, 0.1) is 0 Å². The Morgan fingerprint density at radius 3 is 2.67 bits per heavy atom. The van der Waals surface area contributed by atoms with Crippen molar-refractivity contribution in [3.8, 4) is 5.75 Å². The molecule has 1 saturated heterocycles. The predicted octanol–water partition coefficient (Wildman–Crippen LogP) is 3.70. The molecule has 1 heterocycles. The fraction of sp³-hybridized carbons (Fsp3) is 0.647. The SMILES string of the molecule is CCC1(C)CNC(C)(C)CN1Cc1cc(Cl)ccc1OC. The Morgan fingerprint density at radius 2 is 2.05 bits per heavy atom. The van der Waals surface area contributed by atoms with Gasteiger partial charge in [-0.25, -0.2) is 0 Å². The predicted molar refractivity (Wildman–Crippen MR) is 89.2 cm³/mol. The maximum absolute atomic E-state index is 6.17. The monoisotopic (exact) mass is 310 g/mol. The van der Waals surface area contributed by atoms with Crippen LogP contribution in [0.4, 0.5) is 0 Å². The van der Waals surface area contributed by atoms with E-state index in [-0.39, 0.29) is 11.1 Å². The van der Waals surface area contributed by atoms with Gasteiger partial charge in [-0.3, -0.25) is 4.90 Å². The lowest BCUT2D eigenvalue weighted by Crippen LogP contribution is -2.66. The highest BCUT2D eigenvalue weighted by molar-refractivity contribution is 6.30. The molecule has 21 heavy (non-hydrogen) atoms. The molecule has 4 heteroatoms. The number of benzene rings is 1. The summed E-state index contributed by atoms with van der Waals surface area (Å²) < 4.78 is 5.49. The Labute approximate surface area is 133 Å². The van der Waals surface area contributed by atoms with Crippen LogP contribution in [-0.4, -0.2) is 36.2 Å². The first kappa shape index (κ1) is 16.6. The van der Waals surface area contributed by atoms with E-state index in [0.717, 1.165) is 42.4 Å². The van der Waals surface area contributed by atoms with E-state index < -0.39 is 0 Å². The number of hydrogen-bond acceptors (Lipinski definition) is 3. The van der Waals surface area contributed by atoms with Crippen molar-refractivity contribution in [1.82, 2.24) is 10.2 Å². The second-order valence-corrected chi connectivity index (χ2v) is 7.34. The summed E-state index contributed by atoms with van der Waals surface area (Å²) in [5.41, 5.74) is 1.44. The molecule has 1 unspecified atom stereocenters. The third-order valence-electron chi connectivity index (χ3n) is 4.66. The van der Waals surface area contributed by atoms with Crippen LogP contribution in [0.5, 0.6) is 5.75 Å². The lowest BCUT2D eigenvalue weighted by molar-refractivity contribution is 0.0170. The average Bonchev–Trinajstić information content (AvgIpc) is 2.43. The summed E-state index contributed by atoms with van der Waals surface area (Å²) in [6.07, 6.45) is 1.11. The maximum Gasteiger partial charge on any atom is 0.123 e. The normalized spacial score (nSPS) is 25.8. The number of halogens is 1. The van der Waals surface area contributed by atoms with Crippen LogP contribution in [0.1, 0.15) is 39.7 Å². The van der Waals surface area contributed by atoms with Gasteiger partial charge < -0.3 is 10.1 Å². The summed E-state index contributed by atoms with van der Waals surface area (Å²) in [6, 6.07) is 5.85. The first-order valence-corrected chi connectivity index (χ1v) is 8.00. The van der Waals surface area contributed by atoms with Gasteiger partial charge >= 0.3 is 0 Å². The van der Waals surface area contributed by atoms with Crippen molar-refractivity contribution < 1.29 is 4.74 Å². The van der Waals surface area contributed by atoms with Gasteiger partial charge in [0.15, 0.2) is 0 Å². The molecule has 0 amide bonds. The molecule has 1 N–H and O–H groups in total. The molecular weight excluding hydrogens is 284 g/mol. The number of ether oxygens (including phenoxy) is 1. The van der Waals surface area contributed by atoms with Crippen molar-refractivity contribution in [3.63, 3.8) is 0 Å². The molecule has 1 aromatic rings. The number of rotatable bonds is 4. The van der Waals surface area contributed by atoms with Crippen LogP contribution >= 0.6 is 11.6 Å². The summed E-state index contributed by atoms with van der Waals surface area (Å²) in [6.45, 7) is 12.0. The van der Waals surface area contributed by atoms with Gasteiger partial charge in [0.1, 0.15) is 5.75 Å². The zero-order chi connectivity index (χ0) is 15.7. The van der Waals surface area contributed by atoms with Gasteiger partial charge in [-0.1, -0.05) is 18.5 Å². The van der Waals surface area contributed by atoms with Crippen molar-refractivity contribution >= 4 is 11.6 Å². The van der Waals surface area contributed by atoms with Crippen molar-refractivity contribution in [2.24, 2.45) is 0 Å². The van der Waals surface area contributed by atoms with E-state index in [1.54, 1.807) is 7.11 Å². The summed E-state index contributed by atoms with van der Waals surface area (Å²) >= 11 is 6.17. The van der Waals surface area contributed by atoms with Crippen molar-refractivity contribution in [2.75, 3.05) is 20.2 Å². The van der Waals surface area contributed by atoms with Gasteiger partial charge in [0, 0.05) is 41.3 Å². The van der Waals surface area contributed by atoms with Crippen LogP contribution in [-0.2, 0) is 6.54 Å². The van der Waals surface area contributed by atoms with Crippen LogP contribution in [0.2, 0.25) is 5.02 Å². The summed E-state index contributed by atoms with van der Waals surface area (Å²) in [5, 5.41) is 4.42. The molecule has 3 nitrogen and oxygen atoms in total. The second-order valence-electron chi connectivity index (χ2n) is 6.90. The number of nitrogens with zero attached hydrogens (tertiary/aromatic N) is 1. The first-order valence-electron chi connectivity index (χ1n) is 7.62. The van der Waals surface area contributed by atoms with E-state index in [1.807, 2.05) is 18.2 Å². The largest absolute Gasteiger partial charge is 0.496 e. The van der Waals surface area contributed by atoms with Crippen LogP contribution in [0.15, 0.2) is 18.2 Å². The molecule has 0 spiro atoms. The number of nitrogens with one attached hydrogen (secondary N) is 1. The van der Waals surface area contributed by atoms with Gasteiger partial charge in [-0.15, -0.1) is 0 Å². The fourth-order valence-corrected chi connectivity index (χ4v) is 3.13. The van der Waals surface area contributed by atoms with Crippen LogP contribution < -0.4 is 10.1 Å². The molecular formula is C17H27ClN2O. The Morgan fingerprint density at radius 1 is 1.33 bits per heavy atom. The van der Waals surface area contributed by atoms with Gasteiger partial charge in [-0.05, 0) is 45.4 Å². The van der Waals surface area contributed by atoms with Gasteiger partial charge in [0.05, 0.1) is 7.11 Å². The van der Waals surface area contributed by atoms with E-state index in [2.05, 4.69) is 37.9 Å². The minimum Gasteiger partial charge on any atom is -0.496 e. The van der Waals surface area contributed by atoms with Crippen LogP contribution in [0.3, 0.4) is 0 Å². The lowest BCUT2D eigenvalue weighted by atomic mass is 9.87. The minimum absolute atomic E-state index is 0.125. The number of methoxy groups -OCH3 is 1. The van der Waals surface area contributed by atoms with Crippen molar-refractivity contribution in [3.05, 3.63) is 28.8 Å². The average molecular weight is 311 g/mol. The fourth-order valence-electron chi connectivity index (χ4n) is 2.94. The molecule has 0 radical (unpaired) electrons. The van der Waals surface area contributed by atoms with Crippen molar-refractivity contribution in [2.45, 2.75) is 51.7 Å².